The number of benzene rings is 5. The summed E-state index contributed by atoms with van der Waals surface area (Å²) >= 11 is 0. The van der Waals surface area contributed by atoms with E-state index in [1.807, 2.05) is 0 Å². The molecule has 0 saturated heterocycles. The van der Waals surface area contributed by atoms with Crippen LogP contribution >= 0.6 is 0 Å². The van der Waals surface area contributed by atoms with E-state index >= 15 is 0 Å². The molecule has 31 heavy (non-hydrogen) atoms. The van der Waals surface area contributed by atoms with Gasteiger partial charge in [0.25, 0.3) is 0 Å². The van der Waals surface area contributed by atoms with Crippen LogP contribution in [0.2, 0.25) is 0 Å². The van der Waals surface area contributed by atoms with Crippen LogP contribution in [0.15, 0.2) is 109 Å². The summed E-state index contributed by atoms with van der Waals surface area (Å²) in [7, 11) is 0. The molecule has 7 rings (SSSR count). The van der Waals surface area contributed by atoms with E-state index in [-0.39, 0.29) is 0 Å². The van der Waals surface area contributed by atoms with Gasteiger partial charge < -0.3 is 0 Å². The summed E-state index contributed by atoms with van der Waals surface area (Å²) in [5, 5.41) is 6.21. The average molecular weight is 394 g/mol. The third kappa shape index (κ3) is 2.30. The zero-order valence-corrected chi connectivity index (χ0v) is 16.8. The van der Waals surface area contributed by atoms with Crippen LogP contribution in [0.1, 0.15) is 0 Å². The molecule has 2 nitrogen and oxygen atoms in total. The molecule has 0 amide bonds. The van der Waals surface area contributed by atoms with E-state index in [0.29, 0.717) is 0 Å². The molecule has 0 fully saturated rings. The van der Waals surface area contributed by atoms with Crippen molar-refractivity contribution in [1.82, 2.24) is 9.38 Å². The Labute approximate surface area is 179 Å². The summed E-state index contributed by atoms with van der Waals surface area (Å²) in [5.41, 5.74) is 6.87. The Balaban J connectivity index is 1.65. The van der Waals surface area contributed by atoms with Gasteiger partial charge in [-0.25, -0.2) is 4.98 Å². The van der Waals surface area contributed by atoms with Crippen LogP contribution < -0.4 is 0 Å². The highest BCUT2D eigenvalue weighted by molar-refractivity contribution is 6.15. The fourth-order valence-electron chi connectivity index (χ4n) is 4.95. The number of aromatic nitrogens is 2. The van der Waals surface area contributed by atoms with E-state index in [9.17, 15) is 0 Å². The van der Waals surface area contributed by atoms with Gasteiger partial charge >= 0.3 is 0 Å². The number of nitrogens with zero attached hydrogens (tertiary/aromatic N) is 2. The molecule has 0 atom stereocenters. The number of hydrogen-bond acceptors (Lipinski definition) is 1. The Morgan fingerprint density at radius 2 is 1.26 bits per heavy atom. The first-order chi connectivity index (χ1) is 15.4. The normalized spacial score (nSPS) is 11.9. The SMILES string of the molecule is c1ccc2c(-c3ccc4c(c3)c3ccccc3n3c5ccccc5nc43)cccc2c1. The summed E-state index contributed by atoms with van der Waals surface area (Å²) < 4.78 is 2.30. The number of para-hydroxylation sites is 3. The highest BCUT2D eigenvalue weighted by Crippen LogP contribution is 2.36. The third-order valence-corrected chi connectivity index (χ3v) is 6.36. The summed E-state index contributed by atoms with van der Waals surface area (Å²) in [6.45, 7) is 0. The predicted octanol–water partition coefficient (Wildman–Crippen LogP) is 7.61. The summed E-state index contributed by atoms with van der Waals surface area (Å²) in [6, 6.07) is 39.0. The Kier molecular flexibility index (Phi) is 3.30. The molecule has 0 N–H and O–H groups in total. The number of pyridine rings is 1. The van der Waals surface area contributed by atoms with Crippen molar-refractivity contribution in [3.05, 3.63) is 109 Å². The minimum Gasteiger partial charge on any atom is -0.292 e. The van der Waals surface area contributed by atoms with Crippen molar-refractivity contribution in [2.75, 3.05) is 0 Å². The van der Waals surface area contributed by atoms with Gasteiger partial charge in [-0.05, 0) is 57.6 Å². The molecule has 5 aromatic carbocycles. The second kappa shape index (κ2) is 6.16. The van der Waals surface area contributed by atoms with Gasteiger partial charge in [-0.1, -0.05) is 78.9 Å². The Hall–Kier alpha value is -4.17. The van der Waals surface area contributed by atoms with Gasteiger partial charge in [-0.3, -0.25) is 4.40 Å². The van der Waals surface area contributed by atoms with Crippen LogP contribution in [-0.4, -0.2) is 9.38 Å². The molecule has 0 bridgehead atoms. The molecule has 0 saturated carbocycles. The maximum atomic E-state index is 5.01. The van der Waals surface area contributed by atoms with E-state index in [1.165, 1.54) is 43.6 Å². The Bertz CT molecular complexity index is 1780. The van der Waals surface area contributed by atoms with E-state index < -0.39 is 0 Å². The lowest BCUT2D eigenvalue weighted by Crippen LogP contribution is -1.92. The number of hydrogen-bond donors (Lipinski definition) is 0. The van der Waals surface area contributed by atoms with Crippen molar-refractivity contribution < 1.29 is 0 Å². The fourth-order valence-corrected chi connectivity index (χ4v) is 4.95. The van der Waals surface area contributed by atoms with E-state index in [0.717, 1.165) is 16.7 Å². The van der Waals surface area contributed by atoms with E-state index in [1.54, 1.807) is 0 Å². The summed E-state index contributed by atoms with van der Waals surface area (Å²) in [4.78, 5) is 5.01. The van der Waals surface area contributed by atoms with Crippen LogP contribution in [0.3, 0.4) is 0 Å². The molecule has 0 aliphatic rings. The first kappa shape index (κ1) is 16.6. The maximum Gasteiger partial charge on any atom is 0.146 e. The first-order valence-corrected chi connectivity index (χ1v) is 10.6. The molecule has 0 aliphatic carbocycles. The lowest BCUT2D eigenvalue weighted by Gasteiger charge is -2.12. The van der Waals surface area contributed by atoms with E-state index in [2.05, 4.69) is 114 Å². The fraction of sp³-hybridized carbons (Fsp3) is 0. The highest BCUT2D eigenvalue weighted by atomic mass is 15.0. The van der Waals surface area contributed by atoms with Crippen molar-refractivity contribution in [1.29, 1.82) is 0 Å². The second-order valence-corrected chi connectivity index (χ2v) is 8.06. The van der Waals surface area contributed by atoms with Gasteiger partial charge in [-0.2, -0.15) is 0 Å². The largest absolute Gasteiger partial charge is 0.292 e. The average Bonchev–Trinajstić information content (AvgIpc) is 3.23. The van der Waals surface area contributed by atoms with Crippen LogP contribution in [0.25, 0.3) is 60.3 Å². The van der Waals surface area contributed by atoms with Gasteiger partial charge in [0, 0.05) is 10.8 Å². The second-order valence-electron chi connectivity index (χ2n) is 8.06. The Morgan fingerprint density at radius 1 is 0.516 bits per heavy atom. The van der Waals surface area contributed by atoms with Crippen molar-refractivity contribution in [3.63, 3.8) is 0 Å². The number of rotatable bonds is 1. The summed E-state index contributed by atoms with van der Waals surface area (Å²) in [5.74, 6) is 0. The predicted molar refractivity (Wildman–Crippen MR) is 131 cm³/mol. The van der Waals surface area contributed by atoms with E-state index in [4.69, 9.17) is 4.98 Å². The standard InChI is InChI=1S/C29H18N2/c1-2-10-21-19(8-1)9-7-12-22(21)20-16-17-24-25(18-20)23-11-3-5-14-27(23)31-28-15-6-4-13-26(28)30-29(24)31/h1-18H. The Morgan fingerprint density at radius 3 is 2.19 bits per heavy atom. The van der Waals surface area contributed by atoms with Crippen LogP contribution in [-0.2, 0) is 0 Å². The molecule has 144 valence electrons. The molecule has 2 aromatic heterocycles. The van der Waals surface area contributed by atoms with Gasteiger partial charge in [0.15, 0.2) is 0 Å². The van der Waals surface area contributed by atoms with Crippen molar-refractivity contribution >= 4 is 49.1 Å². The molecule has 0 radical (unpaired) electrons. The topological polar surface area (TPSA) is 17.3 Å². The molecular formula is C29H18N2. The molecule has 2 heterocycles. The van der Waals surface area contributed by atoms with Gasteiger partial charge in [-0.15, -0.1) is 0 Å². The summed E-state index contributed by atoms with van der Waals surface area (Å²) in [6.07, 6.45) is 0. The number of fused-ring (bicyclic) bond motifs is 9. The van der Waals surface area contributed by atoms with Gasteiger partial charge in [0.2, 0.25) is 0 Å². The zero-order valence-electron chi connectivity index (χ0n) is 16.8. The molecule has 7 aromatic rings. The maximum absolute atomic E-state index is 5.01. The smallest absolute Gasteiger partial charge is 0.146 e. The third-order valence-electron chi connectivity index (χ3n) is 6.36. The quantitative estimate of drug-likeness (QED) is 0.262. The molecule has 0 spiro atoms. The van der Waals surface area contributed by atoms with Gasteiger partial charge in [0.05, 0.1) is 16.6 Å². The van der Waals surface area contributed by atoms with Gasteiger partial charge in [0.1, 0.15) is 5.65 Å². The molecular weight excluding hydrogens is 376 g/mol. The lowest BCUT2D eigenvalue weighted by atomic mass is 9.95. The van der Waals surface area contributed by atoms with Crippen molar-refractivity contribution in [2.45, 2.75) is 0 Å². The van der Waals surface area contributed by atoms with Crippen LogP contribution in [0, 0.1) is 0 Å². The lowest BCUT2D eigenvalue weighted by molar-refractivity contribution is 1.31. The van der Waals surface area contributed by atoms with Crippen molar-refractivity contribution in [3.8, 4) is 11.1 Å². The van der Waals surface area contributed by atoms with Crippen LogP contribution in [0.4, 0.5) is 0 Å². The molecule has 0 aliphatic heterocycles. The van der Waals surface area contributed by atoms with Crippen LogP contribution in [0.5, 0.6) is 0 Å². The monoisotopic (exact) mass is 394 g/mol. The minimum atomic E-state index is 1.01. The molecule has 2 heteroatoms. The van der Waals surface area contributed by atoms with Crippen molar-refractivity contribution in [2.24, 2.45) is 0 Å². The first-order valence-electron chi connectivity index (χ1n) is 10.6. The number of imidazole rings is 1. The zero-order chi connectivity index (χ0) is 20.4. The minimum absolute atomic E-state index is 1.01. The highest BCUT2D eigenvalue weighted by Gasteiger charge is 2.14. The molecule has 0 unspecified atom stereocenters.